The highest BCUT2D eigenvalue weighted by Gasteiger charge is 2.20. The molecule has 106 valence electrons. The lowest BCUT2D eigenvalue weighted by molar-refractivity contribution is -0.132. The number of para-hydroxylation sites is 2. The number of aromatic nitrogens is 2. The summed E-state index contributed by atoms with van der Waals surface area (Å²) < 4.78 is 2.05. The van der Waals surface area contributed by atoms with Crippen molar-refractivity contribution in [1.29, 1.82) is 0 Å². The van der Waals surface area contributed by atoms with Crippen LogP contribution in [0.1, 0.15) is 13.3 Å². The third kappa shape index (κ3) is 2.67. The Morgan fingerprint density at radius 1 is 1.45 bits per heavy atom. The van der Waals surface area contributed by atoms with E-state index in [9.17, 15) is 4.79 Å². The summed E-state index contributed by atoms with van der Waals surface area (Å²) in [6.45, 7) is 5.32. The predicted molar refractivity (Wildman–Crippen MR) is 78.4 cm³/mol. The number of hydrogen-bond acceptors (Lipinski definition) is 3. The van der Waals surface area contributed by atoms with Crippen LogP contribution < -0.4 is 5.32 Å². The molecule has 0 bridgehead atoms. The standard InChI is InChI=1S/C15H20N4O/c1-12-10-18(9-7-16-12)15(20)6-8-19-11-17-13-4-2-3-5-14(13)19/h2-5,11-12,16H,6-10H2,1H3. The fraction of sp³-hybridized carbons (Fsp3) is 0.467. The van der Waals surface area contributed by atoms with Gasteiger partial charge in [0, 0.05) is 38.6 Å². The summed E-state index contributed by atoms with van der Waals surface area (Å²) >= 11 is 0. The van der Waals surface area contributed by atoms with Crippen molar-refractivity contribution in [1.82, 2.24) is 19.8 Å². The first-order valence-electron chi connectivity index (χ1n) is 7.15. The van der Waals surface area contributed by atoms with E-state index in [-0.39, 0.29) is 5.91 Å². The Balaban J connectivity index is 1.63. The van der Waals surface area contributed by atoms with Gasteiger partial charge in [0.25, 0.3) is 0 Å². The quantitative estimate of drug-likeness (QED) is 0.915. The van der Waals surface area contributed by atoms with E-state index < -0.39 is 0 Å². The number of nitrogens with one attached hydrogen (secondary N) is 1. The predicted octanol–water partition coefficient (Wildman–Crippen LogP) is 1.25. The molecule has 1 N–H and O–H groups in total. The molecule has 1 aliphatic rings. The Labute approximate surface area is 118 Å². The van der Waals surface area contributed by atoms with Crippen molar-refractivity contribution in [2.45, 2.75) is 25.9 Å². The summed E-state index contributed by atoms with van der Waals surface area (Å²) in [4.78, 5) is 18.5. The number of aryl methyl sites for hydroxylation is 1. The molecular weight excluding hydrogens is 252 g/mol. The van der Waals surface area contributed by atoms with Crippen molar-refractivity contribution in [2.24, 2.45) is 0 Å². The highest BCUT2D eigenvalue weighted by Crippen LogP contribution is 2.12. The molecule has 2 aromatic rings. The minimum Gasteiger partial charge on any atom is -0.340 e. The van der Waals surface area contributed by atoms with Crippen LogP contribution in [0.5, 0.6) is 0 Å². The van der Waals surface area contributed by atoms with Gasteiger partial charge in [-0.1, -0.05) is 12.1 Å². The normalized spacial score (nSPS) is 19.4. The van der Waals surface area contributed by atoms with Crippen molar-refractivity contribution in [3.63, 3.8) is 0 Å². The zero-order chi connectivity index (χ0) is 13.9. The van der Waals surface area contributed by atoms with Crippen molar-refractivity contribution >= 4 is 16.9 Å². The summed E-state index contributed by atoms with van der Waals surface area (Å²) in [5, 5.41) is 3.35. The summed E-state index contributed by atoms with van der Waals surface area (Å²) in [5.74, 6) is 0.233. The van der Waals surface area contributed by atoms with Crippen molar-refractivity contribution < 1.29 is 4.79 Å². The molecule has 1 atom stereocenters. The number of amides is 1. The first-order valence-corrected chi connectivity index (χ1v) is 7.15. The minimum absolute atomic E-state index is 0.233. The van der Waals surface area contributed by atoms with Crippen LogP contribution in [0.15, 0.2) is 30.6 Å². The molecule has 1 aromatic heterocycles. The van der Waals surface area contributed by atoms with E-state index in [1.54, 1.807) is 0 Å². The molecule has 5 heteroatoms. The van der Waals surface area contributed by atoms with E-state index >= 15 is 0 Å². The maximum atomic E-state index is 12.2. The summed E-state index contributed by atoms with van der Waals surface area (Å²) in [6.07, 6.45) is 2.35. The maximum Gasteiger partial charge on any atom is 0.224 e. The molecule has 1 saturated heterocycles. The van der Waals surface area contributed by atoms with Crippen molar-refractivity contribution in [3.05, 3.63) is 30.6 Å². The zero-order valence-electron chi connectivity index (χ0n) is 11.7. The van der Waals surface area contributed by atoms with Crippen LogP contribution in [0, 0.1) is 0 Å². The average molecular weight is 272 g/mol. The summed E-state index contributed by atoms with van der Waals surface area (Å²) in [7, 11) is 0. The Hall–Kier alpha value is -1.88. The number of hydrogen-bond donors (Lipinski definition) is 1. The van der Waals surface area contributed by atoms with E-state index in [2.05, 4.69) is 21.8 Å². The van der Waals surface area contributed by atoms with E-state index in [4.69, 9.17) is 0 Å². The Kier molecular flexibility index (Phi) is 3.69. The zero-order valence-corrected chi connectivity index (χ0v) is 11.7. The van der Waals surface area contributed by atoms with Crippen LogP contribution in [0.3, 0.4) is 0 Å². The van der Waals surface area contributed by atoms with E-state index in [1.165, 1.54) is 0 Å². The lowest BCUT2D eigenvalue weighted by Gasteiger charge is -2.32. The Morgan fingerprint density at radius 3 is 3.15 bits per heavy atom. The summed E-state index contributed by atoms with van der Waals surface area (Å²) in [6, 6.07) is 8.40. The molecule has 3 rings (SSSR count). The lowest BCUT2D eigenvalue weighted by atomic mass is 10.2. The second-order valence-electron chi connectivity index (χ2n) is 5.37. The van der Waals surface area contributed by atoms with Crippen LogP contribution in [0.2, 0.25) is 0 Å². The van der Waals surface area contributed by atoms with Crippen LogP contribution >= 0.6 is 0 Å². The largest absolute Gasteiger partial charge is 0.340 e. The van der Waals surface area contributed by atoms with E-state index in [1.807, 2.05) is 35.5 Å². The number of nitrogens with zero attached hydrogens (tertiary/aromatic N) is 3. The highest BCUT2D eigenvalue weighted by atomic mass is 16.2. The first-order chi connectivity index (χ1) is 9.74. The lowest BCUT2D eigenvalue weighted by Crippen LogP contribution is -2.51. The number of piperazine rings is 1. The van der Waals surface area contributed by atoms with Crippen LogP contribution in [0.25, 0.3) is 11.0 Å². The molecule has 0 radical (unpaired) electrons. The van der Waals surface area contributed by atoms with Crippen LogP contribution in [-0.4, -0.2) is 46.0 Å². The number of rotatable bonds is 3. The molecule has 1 amide bonds. The van der Waals surface area contributed by atoms with Crippen molar-refractivity contribution in [2.75, 3.05) is 19.6 Å². The SMILES string of the molecule is CC1CN(C(=O)CCn2cnc3ccccc32)CCN1. The van der Waals surface area contributed by atoms with Gasteiger partial charge in [0.05, 0.1) is 17.4 Å². The number of imidazole rings is 1. The topological polar surface area (TPSA) is 50.2 Å². The molecule has 0 spiro atoms. The molecule has 2 heterocycles. The number of benzene rings is 1. The molecule has 1 aromatic carbocycles. The van der Waals surface area contributed by atoms with Crippen LogP contribution in [0.4, 0.5) is 0 Å². The number of carbonyl (C=O) groups excluding carboxylic acids is 1. The van der Waals surface area contributed by atoms with Crippen molar-refractivity contribution in [3.8, 4) is 0 Å². The molecule has 0 saturated carbocycles. The Morgan fingerprint density at radius 2 is 2.30 bits per heavy atom. The second-order valence-corrected chi connectivity index (χ2v) is 5.37. The molecule has 5 nitrogen and oxygen atoms in total. The molecule has 1 unspecified atom stereocenters. The monoisotopic (exact) mass is 272 g/mol. The molecule has 1 aliphatic heterocycles. The third-order valence-corrected chi connectivity index (χ3v) is 3.82. The first kappa shape index (κ1) is 13.1. The van der Waals surface area contributed by atoms with Gasteiger partial charge in [-0.3, -0.25) is 4.79 Å². The second kappa shape index (κ2) is 5.63. The number of carbonyl (C=O) groups is 1. The van der Waals surface area contributed by atoms with Gasteiger partial charge in [-0.05, 0) is 19.1 Å². The van der Waals surface area contributed by atoms with Crippen LogP contribution in [-0.2, 0) is 11.3 Å². The van der Waals surface area contributed by atoms with Gasteiger partial charge in [0.1, 0.15) is 0 Å². The summed E-state index contributed by atoms with van der Waals surface area (Å²) in [5.41, 5.74) is 2.07. The maximum absolute atomic E-state index is 12.2. The van der Waals surface area contributed by atoms with Gasteiger partial charge in [0.15, 0.2) is 0 Å². The highest BCUT2D eigenvalue weighted by molar-refractivity contribution is 5.77. The molecular formula is C15H20N4O. The fourth-order valence-corrected chi connectivity index (χ4v) is 2.72. The van der Waals surface area contributed by atoms with E-state index in [0.717, 1.165) is 30.7 Å². The van der Waals surface area contributed by atoms with Gasteiger partial charge in [0.2, 0.25) is 5.91 Å². The molecule has 0 aliphatic carbocycles. The Bertz CT molecular complexity index is 607. The minimum atomic E-state index is 0.233. The van der Waals surface area contributed by atoms with Gasteiger partial charge in [-0.2, -0.15) is 0 Å². The smallest absolute Gasteiger partial charge is 0.224 e. The van der Waals surface area contributed by atoms with Gasteiger partial charge < -0.3 is 14.8 Å². The number of fused-ring (bicyclic) bond motifs is 1. The van der Waals surface area contributed by atoms with Gasteiger partial charge >= 0.3 is 0 Å². The van der Waals surface area contributed by atoms with Gasteiger partial charge in [-0.15, -0.1) is 0 Å². The third-order valence-electron chi connectivity index (χ3n) is 3.82. The molecule has 20 heavy (non-hydrogen) atoms. The molecule has 1 fully saturated rings. The average Bonchev–Trinajstić information content (AvgIpc) is 2.88. The fourth-order valence-electron chi connectivity index (χ4n) is 2.72. The van der Waals surface area contributed by atoms with Gasteiger partial charge in [-0.25, -0.2) is 4.98 Å². The van der Waals surface area contributed by atoms with E-state index in [0.29, 0.717) is 19.0 Å².